The standard InChI is InChI=1S/C12H19N3O3S/c13-15-11-3-5-12(6-4-11)19(16,17)14-8-10-2-1-7-18-9-10/h3-6,10,14-15H,1-2,7-9,13H2. The third-order valence-corrected chi connectivity index (χ3v) is 4.59. The molecule has 7 heteroatoms. The molecule has 1 aromatic rings. The second kappa shape index (κ2) is 6.33. The highest BCUT2D eigenvalue weighted by Gasteiger charge is 2.19. The van der Waals surface area contributed by atoms with Crippen LogP contribution in [0.4, 0.5) is 5.69 Å². The third kappa shape index (κ3) is 3.90. The Morgan fingerprint density at radius 1 is 1.32 bits per heavy atom. The SMILES string of the molecule is NNc1ccc(S(=O)(=O)NCC2CCCOC2)cc1. The van der Waals surface area contributed by atoms with Crippen molar-refractivity contribution in [2.75, 3.05) is 25.2 Å². The summed E-state index contributed by atoms with van der Waals surface area (Å²) in [5, 5.41) is 0. The van der Waals surface area contributed by atoms with Crippen molar-refractivity contribution in [3.05, 3.63) is 24.3 Å². The molecule has 1 saturated heterocycles. The van der Waals surface area contributed by atoms with E-state index in [1.165, 1.54) is 12.1 Å². The van der Waals surface area contributed by atoms with Gasteiger partial charge in [-0.25, -0.2) is 13.1 Å². The van der Waals surface area contributed by atoms with Crippen LogP contribution < -0.4 is 16.0 Å². The van der Waals surface area contributed by atoms with Crippen LogP contribution in [0.15, 0.2) is 29.2 Å². The van der Waals surface area contributed by atoms with Gasteiger partial charge in [0.1, 0.15) is 0 Å². The van der Waals surface area contributed by atoms with Crippen LogP contribution in [0.1, 0.15) is 12.8 Å². The van der Waals surface area contributed by atoms with Crippen LogP contribution in [0, 0.1) is 5.92 Å². The minimum Gasteiger partial charge on any atom is -0.381 e. The van der Waals surface area contributed by atoms with Crippen molar-refractivity contribution < 1.29 is 13.2 Å². The first-order valence-electron chi connectivity index (χ1n) is 6.26. The first-order valence-corrected chi connectivity index (χ1v) is 7.74. The van der Waals surface area contributed by atoms with Gasteiger partial charge in [-0.3, -0.25) is 5.84 Å². The summed E-state index contributed by atoms with van der Waals surface area (Å²) in [7, 11) is -3.46. The van der Waals surface area contributed by atoms with E-state index < -0.39 is 10.0 Å². The molecule has 2 rings (SSSR count). The first-order chi connectivity index (χ1) is 9.12. The molecule has 19 heavy (non-hydrogen) atoms. The van der Waals surface area contributed by atoms with Crippen molar-refractivity contribution in [1.82, 2.24) is 4.72 Å². The monoisotopic (exact) mass is 285 g/mol. The van der Waals surface area contributed by atoms with Gasteiger partial charge in [0, 0.05) is 18.8 Å². The van der Waals surface area contributed by atoms with Gasteiger partial charge >= 0.3 is 0 Å². The van der Waals surface area contributed by atoms with E-state index in [0.717, 1.165) is 19.4 Å². The van der Waals surface area contributed by atoms with Gasteiger partial charge in [-0.2, -0.15) is 0 Å². The van der Waals surface area contributed by atoms with E-state index in [2.05, 4.69) is 10.1 Å². The molecule has 1 fully saturated rings. The molecule has 1 unspecified atom stereocenters. The van der Waals surface area contributed by atoms with E-state index in [1.54, 1.807) is 12.1 Å². The molecular weight excluding hydrogens is 266 g/mol. The summed E-state index contributed by atoms with van der Waals surface area (Å²) in [4.78, 5) is 0.239. The molecule has 0 saturated carbocycles. The third-order valence-electron chi connectivity index (χ3n) is 3.15. The van der Waals surface area contributed by atoms with Crippen molar-refractivity contribution >= 4 is 15.7 Å². The zero-order valence-electron chi connectivity index (χ0n) is 10.6. The summed E-state index contributed by atoms with van der Waals surface area (Å²) in [6, 6.07) is 6.29. The molecule has 1 aliphatic heterocycles. The predicted molar refractivity (Wildman–Crippen MR) is 73.0 cm³/mol. The zero-order chi connectivity index (χ0) is 13.7. The maximum absolute atomic E-state index is 12.1. The second-order valence-corrected chi connectivity index (χ2v) is 6.37. The Balaban J connectivity index is 1.96. The van der Waals surface area contributed by atoms with Gasteiger partial charge < -0.3 is 10.2 Å². The van der Waals surface area contributed by atoms with E-state index in [4.69, 9.17) is 10.6 Å². The number of anilines is 1. The molecule has 0 radical (unpaired) electrons. The number of hydrazine groups is 1. The molecule has 0 spiro atoms. The molecule has 6 nitrogen and oxygen atoms in total. The van der Waals surface area contributed by atoms with Gasteiger partial charge in [0.25, 0.3) is 0 Å². The summed E-state index contributed by atoms with van der Waals surface area (Å²) < 4.78 is 32.1. The highest BCUT2D eigenvalue weighted by atomic mass is 32.2. The summed E-state index contributed by atoms with van der Waals surface area (Å²) in [6.07, 6.45) is 1.99. The average Bonchev–Trinajstić information content (AvgIpc) is 2.46. The smallest absolute Gasteiger partial charge is 0.240 e. The Bertz CT molecular complexity index is 495. The van der Waals surface area contributed by atoms with E-state index in [1.807, 2.05) is 0 Å². The zero-order valence-corrected chi connectivity index (χ0v) is 11.4. The summed E-state index contributed by atoms with van der Waals surface area (Å²) in [5.41, 5.74) is 3.12. The van der Waals surface area contributed by atoms with Gasteiger partial charge in [-0.1, -0.05) is 0 Å². The summed E-state index contributed by atoms with van der Waals surface area (Å²) >= 11 is 0. The van der Waals surface area contributed by atoms with Crippen molar-refractivity contribution in [3.8, 4) is 0 Å². The second-order valence-electron chi connectivity index (χ2n) is 4.60. The lowest BCUT2D eigenvalue weighted by Gasteiger charge is -2.22. The Morgan fingerprint density at radius 3 is 2.63 bits per heavy atom. The lowest BCUT2D eigenvalue weighted by molar-refractivity contribution is 0.0568. The fourth-order valence-corrected chi connectivity index (χ4v) is 3.13. The van der Waals surface area contributed by atoms with Gasteiger partial charge in [-0.15, -0.1) is 0 Å². The molecule has 1 atom stereocenters. The van der Waals surface area contributed by atoms with Crippen LogP contribution in [0.2, 0.25) is 0 Å². The molecule has 106 valence electrons. The van der Waals surface area contributed by atoms with Crippen LogP contribution in [0.5, 0.6) is 0 Å². The molecule has 0 aromatic heterocycles. The topological polar surface area (TPSA) is 93.5 Å². The molecule has 0 bridgehead atoms. The molecule has 0 amide bonds. The molecular formula is C12H19N3O3S. The summed E-state index contributed by atoms with van der Waals surface area (Å²) in [5.74, 6) is 5.49. The van der Waals surface area contributed by atoms with Gasteiger partial charge in [0.2, 0.25) is 10.0 Å². The van der Waals surface area contributed by atoms with Crippen LogP contribution in [-0.2, 0) is 14.8 Å². The van der Waals surface area contributed by atoms with Crippen LogP contribution in [0.25, 0.3) is 0 Å². The minimum absolute atomic E-state index is 0.239. The fourth-order valence-electron chi connectivity index (χ4n) is 2.01. The Labute approximate surface area is 113 Å². The number of rotatable bonds is 5. The Kier molecular flexibility index (Phi) is 4.76. The number of nitrogen functional groups attached to an aromatic ring is 1. The van der Waals surface area contributed by atoms with E-state index in [-0.39, 0.29) is 10.8 Å². The van der Waals surface area contributed by atoms with Crippen LogP contribution in [0.3, 0.4) is 0 Å². The molecule has 4 N–H and O–H groups in total. The number of hydrogen-bond acceptors (Lipinski definition) is 5. The quantitative estimate of drug-likeness (QED) is 0.546. The molecule has 1 aromatic carbocycles. The highest BCUT2D eigenvalue weighted by molar-refractivity contribution is 7.89. The van der Waals surface area contributed by atoms with Crippen molar-refractivity contribution in [1.29, 1.82) is 0 Å². The lowest BCUT2D eigenvalue weighted by atomic mass is 10.0. The summed E-state index contributed by atoms with van der Waals surface area (Å²) in [6.45, 7) is 1.81. The fraction of sp³-hybridized carbons (Fsp3) is 0.500. The Hall–Kier alpha value is -1.15. The van der Waals surface area contributed by atoms with Crippen LogP contribution in [-0.4, -0.2) is 28.2 Å². The van der Waals surface area contributed by atoms with Gasteiger partial charge in [0.05, 0.1) is 11.5 Å². The maximum Gasteiger partial charge on any atom is 0.240 e. The van der Waals surface area contributed by atoms with E-state index in [9.17, 15) is 8.42 Å². The highest BCUT2D eigenvalue weighted by Crippen LogP contribution is 2.15. The first kappa shape index (κ1) is 14.3. The van der Waals surface area contributed by atoms with Gasteiger partial charge in [-0.05, 0) is 43.0 Å². The van der Waals surface area contributed by atoms with E-state index in [0.29, 0.717) is 18.8 Å². The number of hydrogen-bond donors (Lipinski definition) is 3. The number of benzene rings is 1. The predicted octanol–water partition coefficient (Wildman–Crippen LogP) is 0.677. The molecule has 1 aliphatic rings. The minimum atomic E-state index is -3.46. The Morgan fingerprint density at radius 2 is 2.05 bits per heavy atom. The maximum atomic E-state index is 12.1. The lowest BCUT2D eigenvalue weighted by Crippen LogP contribution is -2.33. The van der Waals surface area contributed by atoms with Crippen molar-refractivity contribution in [2.24, 2.45) is 11.8 Å². The molecule has 1 heterocycles. The van der Waals surface area contributed by atoms with E-state index >= 15 is 0 Å². The molecule has 0 aliphatic carbocycles. The van der Waals surface area contributed by atoms with Crippen LogP contribution >= 0.6 is 0 Å². The largest absolute Gasteiger partial charge is 0.381 e. The number of nitrogens with one attached hydrogen (secondary N) is 2. The number of sulfonamides is 1. The van der Waals surface area contributed by atoms with Crippen molar-refractivity contribution in [2.45, 2.75) is 17.7 Å². The number of nitrogens with two attached hydrogens (primary N) is 1. The van der Waals surface area contributed by atoms with Gasteiger partial charge in [0.15, 0.2) is 0 Å². The normalized spacial score (nSPS) is 20.2. The number of ether oxygens (including phenoxy) is 1. The van der Waals surface area contributed by atoms with Crippen molar-refractivity contribution in [3.63, 3.8) is 0 Å². The average molecular weight is 285 g/mol.